The van der Waals surface area contributed by atoms with Gasteiger partial charge in [0.05, 0.1) is 0 Å². The molecule has 0 fully saturated rings. The van der Waals surface area contributed by atoms with Crippen molar-refractivity contribution in [1.29, 1.82) is 0 Å². The summed E-state index contributed by atoms with van der Waals surface area (Å²) in [5, 5.41) is 10.3. The zero-order chi connectivity index (χ0) is 9.98. The second-order valence-corrected chi connectivity index (χ2v) is 3.36. The molecule has 0 aromatic carbocycles. The molecule has 0 aliphatic carbocycles. The second-order valence-electron chi connectivity index (χ2n) is 3.36. The van der Waals surface area contributed by atoms with E-state index in [1.807, 2.05) is 13.8 Å². The molecule has 0 aliphatic rings. The van der Waals surface area contributed by atoms with Crippen LogP contribution in [-0.4, -0.2) is 6.10 Å². The van der Waals surface area contributed by atoms with Crippen LogP contribution in [0, 0.1) is 5.92 Å². The molecule has 0 aliphatic heterocycles. The molecular weight excluding hydrogens is 160 g/mol. The standard InChI is InChI=1S/C6H14.C5H11O.CH4/c1-4-6(3)5-2;1-3-5(6)4-2;/h6H,4-5H2,1-3H3;5H,3-4H2,1-2H3;1H4/q;-1;. The molecule has 0 rings (SSSR count). The van der Waals surface area contributed by atoms with Gasteiger partial charge in [0, 0.05) is 0 Å². The van der Waals surface area contributed by atoms with E-state index in [4.69, 9.17) is 0 Å². The van der Waals surface area contributed by atoms with Crippen molar-refractivity contribution < 1.29 is 5.11 Å². The molecule has 0 amide bonds. The van der Waals surface area contributed by atoms with Gasteiger partial charge in [-0.05, 0) is 5.92 Å². The Morgan fingerprint density at radius 3 is 1.15 bits per heavy atom. The molecule has 0 bridgehead atoms. The fourth-order valence-electron chi connectivity index (χ4n) is 0.577. The summed E-state index contributed by atoms with van der Waals surface area (Å²) < 4.78 is 0. The van der Waals surface area contributed by atoms with E-state index in [1.54, 1.807) is 0 Å². The Kier molecular flexibility index (Phi) is 20.8. The molecule has 0 saturated carbocycles. The van der Waals surface area contributed by atoms with Crippen LogP contribution in [0.4, 0.5) is 0 Å². The lowest BCUT2D eigenvalue weighted by molar-refractivity contribution is -0.420. The van der Waals surface area contributed by atoms with Crippen LogP contribution in [0.15, 0.2) is 0 Å². The SMILES string of the molecule is C.CCC(C)CC.CCC([O-])CC. The molecular formula is C12H29O-. The van der Waals surface area contributed by atoms with E-state index in [1.165, 1.54) is 12.8 Å². The van der Waals surface area contributed by atoms with Gasteiger partial charge >= 0.3 is 0 Å². The fourth-order valence-corrected chi connectivity index (χ4v) is 0.577. The van der Waals surface area contributed by atoms with Gasteiger partial charge in [0.1, 0.15) is 0 Å². The van der Waals surface area contributed by atoms with Crippen LogP contribution in [0.2, 0.25) is 0 Å². The van der Waals surface area contributed by atoms with Gasteiger partial charge in [0.15, 0.2) is 0 Å². The van der Waals surface area contributed by atoms with E-state index in [0.717, 1.165) is 18.8 Å². The van der Waals surface area contributed by atoms with Crippen LogP contribution in [0.1, 0.15) is 67.7 Å². The van der Waals surface area contributed by atoms with Gasteiger partial charge in [-0.3, -0.25) is 0 Å². The first-order valence-corrected chi connectivity index (χ1v) is 5.27. The molecule has 1 nitrogen and oxygen atoms in total. The summed E-state index contributed by atoms with van der Waals surface area (Å²) in [4.78, 5) is 0. The van der Waals surface area contributed by atoms with Crippen molar-refractivity contribution in [2.24, 2.45) is 5.92 Å². The van der Waals surface area contributed by atoms with Gasteiger partial charge in [0.2, 0.25) is 0 Å². The first kappa shape index (κ1) is 18.7. The topological polar surface area (TPSA) is 23.1 Å². The number of rotatable bonds is 4. The minimum Gasteiger partial charge on any atom is -0.852 e. The number of hydrogen-bond donors (Lipinski definition) is 0. The molecule has 84 valence electrons. The predicted octanol–water partition coefficient (Wildman–Crippen LogP) is 3.61. The largest absolute Gasteiger partial charge is 0.852 e. The Labute approximate surface area is 85.6 Å². The van der Waals surface area contributed by atoms with Crippen LogP contribution in [0.5, 0.6) is 0 Å². The average molecular weight is 189 g/mol. The Balaban J connectivity index is -0.000000143. The van der Waals surface area contributed by atoms with E-state index in [2.05, 4.69) is 20.8 Å². The molecule has 0 aromatic rings. The minimum atomic E-state index is -0.315. The third-order valence-electron chi connectivity index (χ3n) is 2.30. The monoisotopic (exact) mass is 189 g/mol. The Hall–Kier alpha value is -0.0400. The highest BCUT2D eigenvalue weighted by atomic mass is 16.3. The molecule has 13 heavy (non-hydrogen) atoms. The van der Waals surface area contributed by atoms with E-state index in [9.17, 15) is 5.11 Å². The van der Waals surface area contributed by atoms with Gasteiger partial charge in [0.25, 0.3) is 0 Å². The average Bonchev–Trinajstić information content (AvgIpc) is 2.16. The molecule has 0 N–H and O–H groups in total. The van der Waals surface area contributed by atoms with E-state index in [-0.39, 0.29) is 13.5 Å². The molecule has 0 aromatic heterocycles. The molecule has 0 saturated heterocycles. The van der Waals surface area contributed by atoms with Gasteiger partial charge in [-0.25, -0.2) is 0 Å². The van der Waals surface area contributed by atoms with Gasteiger partial charge in [-0.15, -0.1) is 6.10 Å². The third kappa shape index (κ3) is 18.7. The van der Waals surface area contributed by atoms with Crippen molar-refractivity contribution in [3.05, 3.63) is 0 Å². The van der Waals surface area contributed by atoms with Crippen molar-refractivity contribution >= 4 is 0 Å². The van der Waals surface area contributed by atoms with Crippen LogP contribution in [0.25, 0.3) is 0 Å². The highest BCUT2D eigenvalue weighted by Gasteiger charge is 1.88. The van der Waals surface area contributed by atoms with Crippen LogP contribution in [0.3, 0.4) is 0 Å². The van der Waals surface area contributed by atoms with Crippen LogP contribution < -0.4 is 5.11 Å². The number of hydrogen-bond acceptors (Lipinski definition) is 1. The Bertz CT molecular complexity index is 53.5. The molecule has 0 spiro atoms. The molecule has 1 heteroatoms. The summed E-state index contributed by atoms with van der Waals surface area (Å²) in [5.41, 5.74) is 0. The summed E-state index contributed by atoms with van der Waals surface area (Å²) >= 11 is 0. The zero-order valence-corrected chi connectivity index (χ0v) is 9.39. The van der Waals surface area contributed by atoms with E-state index in [0.29, 0.717) is 0 Å². The lowest BCUT2D eigenvalue weighted by Crippen LogP contribution is -2.21. The quantitative estimate of drug-likeness (QED) is 0.662. The molecule has 0 heterocycles. The summed E-state index contributed by atoms with van der Waals surface area (Å²) in [6.45, 7) is 10.6. The van der Waals surface area contributed by atoms with Crippen molar-refractivity contribution in [2.45, 2.75) is 73.8 Å². The summed E-state index contributed by atoms with van der Waals surface area (Å²) in [6.07, 6.45) is 3.89. The van der Waals surface area contributed by atoms with Crippen LogP contribution in [-0.2, 0) is 0 Å². The minimum absolute atomic E-state index is 0. The van der Waals surface area contributed by atoms with Crippen molar-refractivity contribution in [3.8, 4) is 0 Å². The smallest absolute Gasteiger partial charge is 0.0448 e. The highest BCUT2D eigenvalue weighted by Crippen LogP contribution is 2.02. The maximum Gasteiger partial charge on any atom is -0.0448 e. The molecule has 0 atom stereocenters. The predicted molar refractivity (Wildman–Crippen MR) is 60.8 cm³/mol. The molecule has 0 unspecified atom stereocenters. The summed E-state index contributed by atoms with van der Waals surface area (Å²) in [5.74, 6) is 0.935. The lowest BCUT2D eigenvalue weighted by atomic mass is 10.1. The Morgan fingerprint density at radius 1 is 0.846 bits per heavy atom. The maximum atomic E-state index is 10.3. The fraction of sp³-hybridized carbons (Fsp3) is 1.00. The van der Waals surface area contributed by atoms with Crippen LogP contribution >= 0.6 is 0 Å². The second kappa shape index (κ2) is 14.5. The first-order valence-electron chi connectivity index (χ1n) is 5.27. The molecule has 0 radical (unpaired) electrons. The van der Waals surface area contributed by atoms with Crippen molar-refractivity contribution in [2.75, 3.05) is 0 Å². The van der Waals surface area contributed by atoms with Gasteiger partial charge in [-0.2, -0.15) is 0 Å². The van der Waals surface area contributed by atoms with Crippen molar-refractivity contribution in [1.82, 2.24) is 0 Å². The normalized spacial score (nSPS) is 9.23. The van der Waals surface area contributed by atoms with E-state index >= 15 is 0 Å². The van der Waals surface area contributed by atoms with Gasteiger partial charge < -0.3 is 5.11 Å². The highest BCUT2D eigenvalue weighted by molar-refractivity contribution is 4.42. The third-order valence-corrected chi connectivity index (χ3v) is 2.30. The van der Waals surface area contributed by atoms with E-state index < -0.39 is 0 Å². The first-order chi connectivity index (χ1) is 5.62. The Morgan fingerprint density at radius 2 is 1.15 bits per heavy atom. The van der Waals surface area contributed by atoms with Gasteiger partial charge in [-0.1, -0.05) is 67.7 Å². The van der Waals surface area contributed by atoms with Crippen molar-refractivity contribution in [3.63, 3.8) is 0 Å². The summed E-state index contributed by atoms with van der Waals surface area (Å²) in [6, 6.07) is 0. The zero-order valence-electron chi connectivity index (χ0n) is 9.39. The summed E-state index contributed by atoms with van der Waals surface area (Å²) in [7, 11) is 0. The maximum absolute atomic E-state index is 10.3. The lowest BCUT2D eigenvalue weighted by Gasteiger charge is -2.15.